The number of rotatable bonds is 0. The van der Waals surface area contributed by atoms with Gasteiger partial charge in [0.15, 0.2) is 0 Å². The van der Waals surface area contributed by atoms with Crippen molar-refractivity contribution >= 4 is 11.6 Å². The van der Waals surface area contributed by atoms with E-state index in [1.807, 2.05) is 6.92 Å². The number of hydrogen-bond donors (Lipinski definition) is 0. The molecule has 0 aliphatic rings. The van der Waals surface area contributed by atoms with E-state index in [-0.39, 0.29) is 0 Å². The summed E-state index contributed by atoms with van der Waals surface area (Å²) in [5, 5.41) is 0.639. The first-order valence-corrected chi connectivity index (χ1v) is 3.21. The highest BCUT2D eigenvalue weighted by Crippen LogP contribution is 2.09. The first-order chi connectivity index (χ1) is 4.72. The molecule has 0 saturated carbocycles. The number of terminal acetylenes is 1. The summed E-state index contributed by atoms with van der Waals surface area (Å²) in [7, 11) is 0. The van der Waals surface area contributed by atoms with Crippen LogP contribution in [0.15, 0.2) is 12.1 Å². The summed E-state index contributed by atoms with van der Waals surface area (Å²) in [5.74, 6) is 2.41. The van der Waals surface area contributed by atoms with Crippen molar-refractivity contribution in [3.63, 3.8) is 0 Å². The summed E-state index contributed by atoms with van der Waals surface area (Å²) >= 11 is 5.69. The molecule has 0 saturated heterocycles. The number of aryl methyl sites for hydroxylation is 1. The Labute approximate surface area is 65.0 Å². The van der Waals surface area contributed by atoms with Crippen molar-refractivity contribution in [2.75, 3.05) is 0 Å². The van der Waals surface area contributed by atoms with Crippen molar-refractivity contribution in [1.29, 1.82) is 0 Å². The van der Waals surface area contributed by atoms with Crippen LogP contribution < -0.4 is 0 Å². The molecule has 0 radical (unpaired) electrons. The minimum atomic E-state index is 0.588. The summed E-state index contributed by atoms with van der Waals surface area (Å²) in [6.07, 6.45) is 5.12. The molecular weight excluding hydrogens is 146 g/mol. The molecule has 0 aromatic carbocycles. The molecule has 1 aromatic heterocycles. The fourth-order valence-corrected chi connectivity index (χ4v) is 0.962. The zero-order valence-electron chi connectivity index (χ0n) is 5.56. The topological polar surface area (TPSA) is 12.9 Å². The summed E-state index contributed by atoms with van der Waals surface area (Å²) in [5.41, 5.74) is 1.44. The fourth-order valence-electron chi connectivity index (χ4n) is 0.700. The van der Waals surface area contributed by atoms with Crippen molar-refractivity contribution in [2.45, 2.75) is 6.92 Å². The maximum absolute atomic E-state index is 5.69. The number of halogens is 1. The van der Waals surface area contributed by atoms with Gasteiger partial charge in [0.1, 0.15) is 5.69 Å². The molecule has 2 heteroatoms. The second-order valence-electron chi connectivity index (χ2n) is 1.96. The van der Waals surface area contributed by atoms with Gasteiger partial charge >= 0.3 is 0 Å². The third-order valence-corrected chi connectivity index (χ3v) is 1.28. The maximum Gasteiger partial charge on any atom is 0.114 e. The van der Waals surface area contributed by atoms with Crippen LogP contribution in [-0.4, -0.2) is 4.98 Å². The van der Waals surface area contributed by atoms with E-state index in [1.54, 1.807) is 12.1 Å². The van der Waals surface area contributed by atoms with Crippen molar-refractivity contribution in [3.05, 3.63) is 28.5 Å². The molecule has 0 bridgehead atoms. The molecule has 10 heavy (non-hydrogen) atoms. The van der Waals surface area contributed by atoms with E-state index in [9.17, 15) is 0 Å². The molecule has 0 aliphatic carbocycles. The van der Waals surface area contributed by atoms with Gasteiger partial charge in [-0.3, -0.25) is 0 Å². The zero-order chi connectivity index (χ0) is 7.56. The molecule has 1 aromatic rings. The molecule has 0 N–H and O–H groups in total. The van der Waals surface area contributed by atoms with Crippen LogP contribution in [-0.2, 0) is 0 Å². The van der Waals surface area contributed by atoms with Gasteiger partial charge in [0.2, 0.25) is 0 Å². The normalized spacial score (nSPS) is 8.90. The third-order valence-electron chi connectivity index (χ3n) is 1.07. The van der Waals surface area contributed by atoms with E-state index in [4.69, 9.17) is 18.0 Å². The van der Waals surface area contributed by atoms with Gasteiger partial charge < -0.3 is 0 Å². The molecule has 50 valence electrons. The Morgan fingerprint density at radius 2 is 2.30 bits per heavy atom. The molecule has 0 amide bonds. The molecule has 1 heterocycles. The predicted molar refractivity (Wildman–Crippen MR) is 41.9 cm³/mol. The quantitative estimate of drug-likeness (QED) is 0.517. The highest BCUT2D eigenvalue weighted by Gasteiger charge is 1.93. The van der Waals surface area contributed by atoms with Crippen LogP contribution in [0.3, 0.4) is 0 Å². The molecule has 1 nitrogen and oxygen atoms in total. The van der Waals surface area contributed by atoms with Crippen LogP contribution in [0.25, 0.3) is 0 Å². The van der Waals surface area contributed by atoms with Crippen LogP contribution in [0.5, 0.6) is 0 Å². The Hall–Kier alpha value is -1.00. The number of pyridine rings is 1. The van der Waals surface area contributed by atoms with Crippen LogP contribution in [0, 0.1) is 19.3 Å². The van der Waals surface area contributed by atoms with Gasteiger partial charge in [0.25, 0.3) is 0 Å². The highest BCUT2D eigenvalue weighted by molar-refractivity contribution is 6.30. The maximum atomic E-state index is 5.69. The smallest absolute Gasteiger partial charge is 0.114 e. The van der Waals surface area contributed by atoms with Crippen molar-refractivity contribution in [1.82, 2.24) is 4.98 Å². The minimum Gasteiger partial charge on any atom is -0.245 e. The minimum absolute atomic E-state index is 0.588. The summed E-state index contributed by atoms with van der Waals surface area (Å²) in [6, 6.07) is 3.43. The van der Waals surface area contributed by atoms with E-state index < -0.39 is 0 Å². The van der Waals surface area contributed by atoms with Crippen LogP contribution in [0.4, 0.5) is 0 Å². The predicted octanol–water partition coefficient (Wildman–Crippen LogP) is 2.02. The molecule has 0 aliphatic heterocycles. The van der Waals surface area contributed by atoms with E-state index in [1.165, 1.54) is 0 Å². The van der Waals surface area contributed by atoms with Gasteiger partial charge in [-0.2, -0.15) is 0 Å². The van der Waals surface area contributed by atoms with Gasteiger partial charge in [-0.1, -0.05) is 17.5 Å². The Morgan fingerprint density at radius 1 is 1.60 bits per heavy atom. The molecule has 0 fully saturated rings. The first kappa shape index (κ1) is 7.11. The van der Waals surface area contributed by atoms with Gasteiger partial charge in [0, 0.05) is 10.7 Å². The lowest BCUT2D eigenvalue weighted by molar-refractivity contribution is 1.18. The molecule has 0 unspecified atom stereocenters. The Kier molecular flexibility index (Phi) is 1.94. The zero-order valence-corrected chi connectivity index (χ0v) is 6.31. The van der Waals surface area contributed by atoms with E-state index >= 15 is 0 Å². The average molecular weight is 152 g/mol. The van der Waals surface area contributed by atoms with Crippen molar-refractivity contribution in [3.8, 4) is 12.3 Å². The number of nitrogens with zero attached hydrogens (tertiary/aromatic N) is 1. The largest absolute Gasteiger partial charge is 0.245 e. The second kappa shape index (κ2) is 2.72. The summed E-state index contributed by atoms with van der Waals surface area (Å²) < 4.78 is 0. The molecular formula is C8H6ClN. The lowest BCUT2D eigenvalue weighted by Crippen LogP contribution is -1.85. The number of hydrogen-bond acceptors (Lipinski definition) is 1. The van der Waals surface area contributed by atoms with Gasteiger partial charge in [-0.25, -0.2) is 4.98 Å². The fraction of sp³-hybridized carbons (Fsp3) is 0.125. The first-order valence-electron chi connectivity index (χ1n) is 2.83. The number of aromatic nitrogens is 1. The van der Waals surface area contributed by atoms with E-state index in [0.717, 1.165) is 5.69 Å². The Bertz CT molecular complexity index is 266. The van der Waals surface area contributed by atoms with E-state index in [2.05, 4.69) is 10.9 Å². The van der Waals surface area contributed by atoms with Gasteiger partial charge in [0.05, 0.1) is 0 Å². The van der Waals surface area contributed by atoms with Crippen LogP contribution in [0.2, 0.25) is 5.02 Å². The summed E-state index contributed by atoms with van der Waals surface area (Å²) in [6.45, 7) is 1.85. The van der Waals surface area contributed by atoms with E-state index in [0.29, 0.717) is 10.7 Å². The SMILES string of the molecule is C#Cc1cc(Cl)cc(C)n1. The summed E-state index contributed by atoms with van der Waals surface area (Å²) in [4.78, 5) is 4.03. The Balaban J connectivity index is 3.22. The van der Waals surface area contributed by atoms with Crippen molar-refractivity contribution in [2.24, 2.45) is 0 Å². The Morgan fingerprint density at radius 3 is 2.80 bits per heavy atom. The average Bonchev–Trinajstić information content (AvgIpc) is 1.85. The highest BCUT2D eigenvalue weighted by atomic mass is 35.5. The molecule has 0 atom stereocenters. The second-order valence-corrected chi connectivity index (χ2v) is 2.39. The molecule has 1 rings (SSSR count). The monoisotopic (exact) mass is 151 g/mol. The third kappa shape index (κ3) is 1.49. The molecule has 0 spiro atoms. The van der Waals surface area contributed by atoms with Gasteiger partial charge in [-0.15, -0.1) is 6.42 Å². The standard InChI is InChI=1S/C8H6ClN/c1-3-8-5-7(9)4-6(2)10-8/h1,4-5H,2H3. The van der Waals surface area contributed by atoms with Crippen molar-refractivity contribution < 1.29 is 0 Å². The van der Waals surface area contributed by atoms with Crippen LogP contribution in [0.1, 0.15) is 11.4 Å². The lowest BCUT2D eigenvalue weighted by atomic mass is 10.3. The lowest BCUT2D eigenvalue weighted by Gasteiger charge is -1.93. The van der Waals surface area contributed by atoms with Crippen LogP contribution >= 0.6 is 11.6 Å². The van der Waals surface area contributed by atoms with Gasteiger partial charge in [-0.05, 0) is 19.1 Å².